The van der Waals surface area contributed by atoms with Gasteiger partial charge in [-0.15, -0.1) is 0 Å². The average molecular weight is 472 g/mol. The molecule has 0 N–H and O–H groups in total. The number of rotatable bonds is 3. The molecule has 0 bridgehead atoms. The minimum absolute atomic E-state index is 0.0431. The maximum Gasteiger partial charge on any atom is 0.137 e. The van der Waals surface area contributed by atoms with Crippen molar-refractivity contribution in [1.82, 2.24) is 0 Å². The van der Waals surface area contributed by atoms with Gasteiger partial charge in [0.25, 0.3) is 0 Å². The van der Waals surface area contributed by atoms with Crippen LogP contribution in [0.15, 0.2) is 36.4 Å². The van der Waals surface area contributed by atoms with Gasteiger partial charge in [-0.05, 0) is 64.0 Å². The van der Waals surface area contributed by atoms with Crippen molar-refractivity contribution in [3.05, 3.63) is 61.1 Å². The van der Waals surface area contributed by atoms with E-state index < -0.39 is 0 Å². The molecule has 0 saturated carbocycles. The molecule has 0 fully saturated rings. The van der Waals surface area contributed by atoms with Crippen LogP contribution in [0.5, 0.6) is 5.75 Å². The van der Waals surface area contributed by atoms with Crippen molar-refractivity contribution >= 4 is 61.7 Å². The zero-order valence-electron chi connectivity index (χ0n) is 9.96. The summed E-state index contributed by atoms with van der Waals surface area (Å²) in [4.78, 5) is 0.0431. The Bertz CT molecular complexity index is 604. The van der Waals surface area contributed by atoms with Crippen LogP contribution in [0.3, 0.4) is 0 Å². The molecule has 5 heteroatoms. The van der Waals surface area contributed by atoms with E-state index in [0.29, 0.717) is 10.8 Å². The first-order valence-corrected chi connectivity index (χ1v) is 8.20. The molecular formula is C14H10BrCl2IO. The second-order valence-electron chi connectivity index (χ2n) is 3.92. The van der Waals surface area contributed by atoms with E-state index in [4.69, 9.17) is 27.9 Å². The van der Waals surface area contributed by atoms with Crippen molar-refractivity contribution in [2.75, 3.05) is 7.11 Å². The van der Waals surface area contributed by atoms with Gasteiger partial charge in [0.2, 0.25) is 0 Å². The van der Waals surface area contributed by atoms with E-state index in [1.807, 2.05) is 36.4 Å². The van der Waals surface area contributed by atoms with Gasteiger partial charge in [0, 0.05) is 8.59 Å². The number of ether oxygens (including phenoxy) is 1. The number of hydrogen-bond donors (Lipinski definition) is 0. The van der Waals surface area contributed by atoms with Crippen molar-refractivity contribution in [3.8, 4) is 5.75 Å². The number of benzene rings is 2. The fourth-order valence-electron chi connectivity index (χ4n) is 1.73. The van der Waals surface area contributed by atoms with Crippen LogP contribution < -0.4 is 4.74 Å². The Morgan fingerprint density at radius 2 is 1.89 bits per heavy atom. The fraction of sp³-hybridized carbons (Fsp3) is 0.143. The third kappa shape index (κ3) is 3.57. The van der Waals surface area contributed by atoms with E-state index in [0.717, 1.165) is 19.7 Å². The molecule has 1 unspecified atom stereocenters. The minimum atomic E-state index is 0.0431. The largest absolute Gasteiger partial charge is 0.495 e. The molecule has 1 nitrogen and oxygen atoms in total. The molecule has 19 heavy (non-hydrogen) atoms. The third-order valence-corrected chi connectivity index (χ3v) is 5.23. The lowest BCUT2D eigenvalue weighted by Gasteiger charge is -2.14. The number of methoxy groups -OCH3 is 1. The first-order valence-electron chi connectivity index (χ1n) is 5.45. The van der Waals surface area contributed by atoms with Crippen molar-refractivity contribution in [2.45, 2.75) is 4.83 Å². The predicted molar refractivity (Wildman–Crippen MR) is 92.9 cm³/mol. The van der Waals surface area contributed by atoms with Crippen molar-refractivity contribution in [1.29, 1.82) is 0 Å². The van der Waals surface area contributed by atoms with Crippen LogP contribution in [-0.2, 0) is 0 Å². The van der Waals surface area contributed by atoms with Gasteiger partial charge >= 0.3 is 0 Å². The van der Waals surface area contributed by atoms with Gasteiger partial charge in [0.15, 0.2) is 0 Å². The van der Waals surface area contributed by atoms with E-state index in [2.05, 4.69) is 38.5 Å². The Morgan fingerprint density at radius 1 is 1.16 bits per heavy atom. The summed E-state index contributed by atoms with van der Waals surface area (Å²) in [6.07, 6.45) is 0. The average Bonchev–Trinajstić information content (AvgIpc) is 2.40. The molecule has 0 spiro atoms. The second kappa shape index (κ2) is 6.66. The van der Waals surface area contributed by atoms with Crippen LogP contribution >= 0.6 is 61.7 Å². The summed E-state index contributed by atoms with van der Waals surface area (Å²) in [5, 5.41) is 1.32. The summed E-state index contributed by atoms with van der Waals surface area (Å²) in [7, 11) is 1.60. The molecule has 0 amide bonds. The lowest BCUT2D eigenvalue weighted by molar-refractivity contribution is 0.415. The molecule has 0 aliphatic heterocycles. The van der Waals surface area contributed by atoms with Crippen LogP contribution in [0.4, 0.5) is 0 Å². The fourth-order valence-corrected chi connectivity index (χ4v) is 3.91. The Balaban J connectivity index is 2.41. The van der Waals surface area contributed by atoms with Gasteiger partial charge in [-0.3, -0.25) is 0 Å². The zero-order chi connectivity index (χ0) is 14.0. The second-order valence-corrected chi connectivity index (χ2v) is 6.84. The Labute approximate surface area is 144 Å². The van der Waals surface area contributed by atoms with Gasteiger partial charge in [-0.2, -0.15) is 0 Å². The highest BCUT2D eigenvalue weighted by Crippen LogP contribution is 2.37. The van der Waals surface area contributed by atoms with E-state index in [9.17, 15) is 0 Å². The molecule has 0 saturated heterocycles. The first-order chi connectivity index (χ1) is 9.02. The highest BCUT2D eigenvalue weighted by atomic mass is 127. The molecule has 100 valence electrons. The van der Waals surface area contributed by atoms with Crippen molar-refractivity contribution in [2.24, 2.45) is 0 Å². The quantitative estimate of drug-likeness (QED) is 0.389. The summed E-state index contributed by atoms with van der Waals surface area (Å²) in [5.41, 5.74) is 2.18. The number of hydrogen-bond acceptors (Lipinski definition) is 1. The van der Waals surface area contributed by atoms with Gasteiger partial charge < -0.3 is 4.74 Å². The van der Waals surface area contributed by atoms with Gasteiger partial charge in [0.05, 0.1) is 17.0 Å². The van der Waals surface area contributed by atoms with Crippen LogP contribution in [0.1, 0.15) is 16.0 Å². The predicted octanol–water partition coefficient (Wildman–Crippen LogP) is 6.09. The minimum Gasteiger partial charge on any atom is -0.495 e. The lowest BCUT2D eigenvalue weighted by Crippen LogP contribution is -1.96. The molecule has 0 aromatic heterocycles. The normalized spacial score (nSPS) is 12.3. The highest BCUT2D eigenvalue weighted by molar-refractivity contribution is 14.1. The Hall–Kier alpha value is 0.0300. The van der Waals surface area contributed by atoms with Crippen molar-refractivity contribution in [3.63, 3.8) is 0 Å². The maximum absolute atomic E-state index is 6.16. The smallest absolute Gasteiger partial charge is 0.137 e. The molecule has 2 rings (SSSR count). The standard InChI is InChI=1S/C14H10BrCl2IO/c1-19-13-5-2-8(6-11(13)17)14(15)10-7-9(16)3-4-12(10)18/h2-7,14H,1H3. The van der Waals surface area contributed by atoms with Gasteiger partial charge in [-0.1, -0.05) is 45.2 Å². The molecule has 1 atom stereocenters. The van der Waals surface area contributed by atoms with E-state index in [1.54, 1.807) is 7.11 Å². The van der Waals surface area contributed by atoms with Gasteiger partial charge in [-0.25, -0.2) is 0 Å². The molecule has 0 radical (unpaired) electrons. The summed E-state index contributed by atoms with van der Waals surface area (Å²) in [5.74, 6) is 0.672. The summed E-state index contributed by atoms with van der Waals surface area (Å²) in [6.45, 7) is 0. The summed E-state index contributed by atoms with van der Waals surface area (Å²) >= 11 is 18.2. The Morgan fingerprint density at radius 3 is 2.53 bits per heavy atom. The molecule has 0 aliphatic rings. The van der Waals surface area contributed by atoms with E-state index in [-0.39, 0.29) is 4.83 Å². The lowest BCUT2D eigenvalue weighted by atomic mass is 10.0. The van der Waals surface area contributed by atoms with E-state index >= 15 is 0 Å². The summed E-state index contributed by atoms with van der Waals surface area (Å²) < 4.78 is 6.31. The Kier molecular flexibility index (Phi) is 5.40. The monoisotopic (exact) mass is 470 g/mol. The van der Waals surface area contributed by atoms with E-state index in [1.165, 1.54) is 0 Å². The SMILES string of the molecule is COc1ccc(C(Br)c2cc(Cl)ccc2I)cc1Cl. The van der Waals surface area contributed by atoms with Crippen LogP contribution in [0, 0.1) is 3.57 Å². The maximum atomic E-state index is 6.16. The summed E-state index contributed by atoms with van der Waals surface area (Å²) in [6, 6.07) is 11.6. The molecular weight excluding hydrogens is 462 g/mol. The third-order valence-electron chi connectivity index (χ3n) is 2.70. The van der Waals surface area contributed by atoms with Crippen LogP contribution in [-0.4, -0.2) is 7.11 Å². The van der Waals surface area contributed by atoms with Crippen LogP contribution in [0.2, 0.25) is 10.0 Å². The number of alkyl halides is 1. The molecule has 0 aliphatic carbocycles. The van der Waals surface area contributed by atoms with Crippen molar-refractivity contribution < 1.29 is 4.74 Å². The zero-order valence-corrected chi connectivity index (χ0v) is 15.2. The van der Waals surface area contributed by atoms with Crippen LogP contribution in [0.25, 0.3) is 0 Å². The topological polar surface area (TPSA) is 9.23 Å². The molecule has 2 aromatic rings. The molecule has 2 aromatic carbocycles. The number of halogens is 4. The highest BCUT2D eigenvalue weighted by Gasteiger charge is 2.15. The molecule has 0 heterocycles. The first kappa shape index (κ1) is 15.4. The van der Waals surface area contributed by atoms with Gasteiger partial charge in [0.1, 0.15) is 5.75 Å².